The van der Waals surface area contributed by atoms with Crippen LogP contribution in [0.3, 0.4) is 0 Å². The molecule has 0 aliphatic heterocycles. The molecule has 2 aromatic rings. The quantitative estimate of drug-likeness (QED) is 0.866. The number of benzene rings is 1. The van der Waals surface area contributed by atoms with Gasteiger partial charge in [0.25, 0.3) is 0 Å². The molecule has 1 aliphatic rings. The maximum Gasteiger partial charge on any atom is 0.104 e. The maximum absolute atomic E-state index is 9.18. The molecule has 92 valence electrons. The van der Waals surface area contributed by atoms with Crippen molar-refractivity contribution in [3.8, 4) is 6.07 Å². The molecule has 1 aromatic heterocycles. The number of aryl methyl sites for hydroxylation is 1. The molecule has 1 saturated carbocycles. The number of nitrogens with one attached hydrogen (secondary N) is 2. The molecule has 4 nitrogen and oxygen atoms in total. The Morgan fingerprint density at radius 2 is 2.33 bits per heavy atom. The fraction of sp³-hybridized carbons (Fsp3) is 0.429. The molecular weight excluding hydrogens is 224 g/mol. The topological polar surface area (TPSA) is 64.5 Å². The average molecular weight is 240 g/mol. The predicted octanol–water partition coefficient (Wildman–Crippen LogP) is 2.98. The van der Waals surface area contributed by atoms with E-state index in [2.05, 4.69) is 27.4 Å². The van der Waals surface area contributed by atoms with Crippen molar-refractivity contribution >= 4 is 16.7 Å². The van der Waals surface area contributed by atoms with Crippen molar-refractivity contribution < 1.29 is 0 Å². The Hall–Kier alpha value is -2.02. The van der Waals surface area contributed by atoms with Crippen LogP contribution in [0.25, 0.3) is 11.0 Å². The zero-order valence-electron chi connectivity index (χ0n) is 10.5. The van der Waals surface area contributed by atoms with Gasteiger partial charge in [-0.2, -0.15) is 5.26 Å². The molecular formula is C14H16N4. The number of imidazole rings is 1. The summed E-state index contributed by atoms with van der Waals surface area (Å²) in [4.78, 5) is 7.59. The fourth-order valence-electron chi connectivity index (χ4n) is 2.45. The van der Waals surface area contributed by atoms with E-state index >= 15 is 0 Å². The summed E-state index contributed by atoms with van der Waals surface area (Å²) in [5.74, 6) is 0.926. The van der Waals surface area contributed by atoms with Gasteiger partial charge in [-0.05, 0) is 38.0 Å². The van der Waals surface area contributed by atoms with Crippen LogP contribution in [-0.2, 0) is 0 Å². The standard InChI is InChI=1S/C14H16N4/c1-10-17-12-4-3-11(7-13(12)18-10)16-9-14(8-15)5-2-6-14/h3-4,7,16H,2,5-6,9H2,1H3,(H,17,18). The minimum atomic E-state index is -0.140. The van der Waals surface area contributed by atoms with Crippen LogP contribution in [0.4, 0.5) is 5.69 Å². The Bertz CT molecular complexity index is 616. The van der Waals surface area contributed by atoms with Gasteiger partial charge in [0.1, 0.15) is 5.82 Å². The van der Waals surface area contributed by atoms with E-state index in [1.54, 1.807) is 0 Å². The smallest absolute Gasteiger partial charge is 0.104 e. The van der Waals surface area contributed by atoms with Gasteiger partial charge < -0.3 is 10.3 Å². The first-order valence-electron chi connectivity index (χ1n) is 6.32. The lowest BCUT2D eigenvalue weighted by Crippen LogP contribution is -2.34. The number of rotatable bonds is 3. The normalized spacial score (nSPS) is 17.1. The minimum Gasteiger partial charge on any atom is -0.383 e. The van der Waals surface area contributed by atoms with E-state index < -0.39 is 0 Å². The number of aromatic amines is 1. The number of anilines is 1. The molecule has 1 aromatic carbocycles. The molecule has 0 spiro atoms. The highest BCUT2D eigenvalue weighted by Gasteiger charge is 2.36. The molecule has 18 heavy (non-hydrogen) atoms. The molecule has 0 unspecified atom stereocenters. The van der Waals surface area contributed by atoms with Crippen molar-refractivity contribution in [1.82, 2.24) is 9.97 Å². The number of nitriles is 1. The van der Waals surface area contributed by atoms with E-state index in [0.29, 0.717) is 0 Å². The minimum absolute atomic E-state index is 0.140. The van der Waals surface area contributed by atoms with Gasteiger partial charge in [-0.15, -0.1) is 0 Å². The van der Waals surface area contributed by atoms with Crippen molar-refractivity contribution in [3.05, 3.63) is 24.0 Å². The summed E-state index contributed by atoms with van der Waals surface area (Å²) in [6.07, 6.45) is 3.21. The van der Waals surface area contributed by atoms with Gasteiger partial charge in [-0.3, -0.25) is 0 Å². The van der Waals surface area contributed by atoms with Crippen LogP contribution < -0.4 is 5.32 Å². The van der Waals surface area contributed by atoms with Gasteiger partial charge in [-0.1, -0.05) is 6.42 Å². The Morgan fingerprint density at radius 1 is 1.50 bits per heavy atom. The molecule has 0 amide bonds. The van der Waals surface area contributed by atoms with Gasteiger partial charge in [0.2, 0.25) is 0 Å². The van der Waals surface area contributed by atoms with Crippen LogP contribution >= 0.6 is 0 Å². The van der Waals surface area contributed by atoms with Crippen molar-refractivity contribution in [2.24, 2.45) is 5.41 Å². The average Bonchev–Trinajstić information content (AvgIpc) is 2.67. The van der Waals surface area contributed by atoms with Gasteiger partial charge in [0.15, 0.2) is 0 Å². The lowest BCUT2D eigenvalue weighted by atomic mass is 9.70. The van der Waals surface area contributed by atoms with Crippen LogP contribution in [0.2, 0.25) is 0 Å². The predicted molar refractivity (Wildman–Crippen MR) is 71.2 cm³/mol. The highest BCUT2D eigenvalue weighted by molar-refractivity contribution is 5.79. The molecule has 0 saturated heterocycles. The van der Waals surface area contributed by atoms with E-state index in [1.165, 1.54) is 6.42 Å². The number of H-pyrrole nitrogens is 1. The molecule has 0 atom stereocenters. The van der Waals surface area contributed by atoms with Crippen LogP contribution in [0, 0.1) is 23.7 Å². The van der Waals surface area contributed by atoms with Gasteiger partial charge >= 0.3 is 0 Å². The van der Waals surface area contributed by atoms with E-state index in [0.717, 1.165) is 41.9 Å². The summed E-state index contributed by atoms with van der Waals surface area (Å²) in [6.45, 7) is 2.69. The van der Waals surface area contributed by atoms with E-state index in [4.69, 9.17) is 0 Å². The molecule has 1 fully saturated rings. The largest absolute Gasteiger partial charge is 0.383 e. The number of hydrogen-bond donors (Lipinski definition) is 2. The van der Waals surface area contributed by atoms with Crippen LogP contribution in [-0.4, -0.2) is 16.5 Å². The van der Waals surface area contributed by atoms with Gasteiger partial charge in [0.05, 0.1) is 22.5 Å². The molecule has 1 aliphatic carbocycles. The van der Waals surface area contributed by atoms with Crippen LogP contribution in [0.5, 0.6) is 0 Å². The summed E-state index contributed by atoms with van der Waals surface area (Å²) in [7, 11) is 0. The first kappa shape index (κ1) is 11.1. The molecule has 2 N–H and O–H groups in total. The van der Waals surface area contributed by atoms with Gasteiger partial charge in [0, 0.05) is 12.2 Å². The molecule has 0 bridgehead atoms. The van der Waals surface area contributed by atoms with Crippen LogP contribution in [0.1, 0.15) is 25.1 Å². The summed E-state index contributed by atoms with van der Waals surface area (Å²) in [5, 5.41) is 12.6. The molecule has 1 heterocycles. The van der Waals surface area contributed by atoms with Crippen molar-refractivity contribution in [1.29, 1.82) is 5.26 Å². The number of aromatic nitrogens is 2. The number of nitrogens with zero attached hydrogens (tertiary/aromatic N) is 2. The second-order valence-corrected chi connectivity index (χ2v) is 5.15. The fourth-order valence-corrected chi connectivity index (χ4v) is 2.45. The third-order valence-corrected chi connectivity index (χ3v) is 3.78. The number of hydrogen-bond acceptors (Lipinski definition) is 3. The first-order chi connectivity index (χ1) is 8.71. The third kappa shape index (κ3) is 1.82. The zero-order chi connectivity index (χ0) is 12.6. The summed E-state index contributed by atoms with van der Waals surface area (Å²) in [6, 6.07) is 8.52. The second-order valence-electron chi connectivity index (χ2n) is 5.15. The Kier molecular flexibility index (Phi) is 2.48. The lowest BCUT2D eigenvalue weighted by molar-refractivity contribution is 0.233. The Balaban J connectivity index is 1.76. The first-order valence-corrected chi connectivity index (χ1v) is 6.32. The highest BCUT2D eigenvalue weighted by atomic mass is 14.9. The van der Waals surface area contributed by atoms with Crippen molar-refractivity contribution in [2.45, 2.75) is 26.2 Å². The third-order valence-electron chi connectivity index (χ3n) is 3.78. The summed E-state index contributed by atoms with van der Waals surface area (Å²) in [5.41, 5.74) is 2.93. The summed E-state index contributed by atoms with van der Waals surface area (Å²) < 4.78 is 0. The molecule has 0 radical (unpaired) electrons. The summed E-state index contributed by atoms with van der Waals surface area (Å²) >= 11 is 0. The number of fused-ring (bicyclic) bond motifs is 1. The Labute approximate surface area is 106 Å². The van der Waals surface area contributed by atoms with E-state index in [9.17, 15) is 5.26 Å². The Morgan fingerprint density at radius 3 is 3.00 bits per heavy atom. The van der Waals surface area contributed by atoms with Gasteiger partial charge in [-0.25, -0.2) is 4.98 Å². The lowest BCUT2D eigenvalue weighted by Gasteiger charge is -2.35. The molecule has 3 rings (SSSR count). The van der Waals surface area contributed by atoms with Crippen molar-refractivity contribution in [3.63, 3.8) is 0 Å². The maximum atomic E-state index is 9.18. The van der Waals surface area contributed by atoms with Crippen molar-refractivity contribution in [2.75, 3.05) is 11.9 Å². The monoisotopic (exact) mass is 240 g/mol. The highest BCUT2D eigenvalue weighted by Crippen LogP contribution is 2.40. The van der Waals surface area contributed by atoms with Crippen LogP contribution in [0.15, 0.2) is 18.2 Å². The van der Waals surface area contributed by atoms with E-state index in [1.807, 2.05) is 19.1 Å². The second kappa shape index (κ2) is 4.02. The molecule has 4 heteroatoms. The SMILES string of the molecule is Cc1nc2ccc(NCC3(C#N)CCC3)cc2[nH]1. The van der Waals surface area contributed by atoms with E-state index in [-0.39, 0.29) is 5.41 Å². The zero-order valence-corrected chi connectivity index (χ0v) is 10.5.